The zero-order chi connectivity index (χ0) is 28.3. The van der Waals surface area contributed by atoms with Gasteiger partial charge in [-0.15, -0.1) is 0 Å². The third kappa shape index (κ3) is 5.74. The molecule has 206 valence electrons. The van der Waals surface area contributed by atoms with E-state index in [1.54, 1.807) is 21.6 Å². The molecule has 0 saturated heterocycles. The largest absolute Gasteiger partial charge is 0.532 e. The minimum atomic E-state index is -1.90. The number of nitrogens with zero attached hydrogens (tertiary/aromatic N) is 2. The van der Waals surface area contributed by atoms with E-state index in [0.717, 1.165) is 11.8 Å². The van der Waals surface area contributed by atoms with Gasteiger partial charge in [-0.05, 0) is 72.7 Å². The van der Waals surface area contributed by atoms with Gasteiger partial charge < -0.3 is 18.0 Å². The van der Waals surface area contributed by atoms with Crippen LogP contribution in [0.5, 0.6) is 11.8 Å². The van der Waals surface area contributed by atoms with Crippen molar-refractivity contribution >= 4 is 60.0 Å². The zero-order valence-corrected chi connectivity index (χ0v) is 28.8. The van der Waals surface area contributed by atoms with Gasteiger partial charge in [-0.1, -0.05) is 63.1 Å². The number of aryl methyl sites for hydroxylation is 2. The van der Waals surface area contributed by atoms with Crippen LogP contribution in [0.3, 0.4) is 0 Å². The molecule has 0 aliphatic heterocycles. The molecule has 0 fully saturated rings. The minimum Gasteiger partial charge on any atom is -0.532 e. The molecule has 2 aromatic heterocycles. The second-order valence-electron chi connectivity index (χ2n) is 13.4. The monoisotopic (exact) mass is 584 g/mol. The highest BCUT2D eigenvalue weighted by Gasteiger charge is 2.40. The van der Waals surface area contributed by atoms with Crippen LogP contribution < -0.4 is 8.85 Å². The Morgan fingerprint density at radius 2 is 0.921 bits per heavy atom. The van der Waals surface area contributed by atoms with Crippen molar-refractivity contribution in [1.29, 1.82) is 0 Å². The molecular formula is C30H44N2O2S2Si2. The molecule has 4 nitrogen and oxygen atoms in total. The maximum Gasteiger partial charge on any atom is 0.252 e. The van der Waals surface area contributed by atoms with Crippen LogP contribution in [0.1, 0.15) is 41.5 Å². The first-order chi connectivity index (χ1) is 17.4. The molecule has 0 aliphatic rings. The van der Waals surface area contributed by atoms with Crippen molar-refractivity contribution in [1.82, 2.24) is 9.13 Å². The Morgan fingerprint density at radius 3 is 1.24 bits per heavy atom. The van der Waals surface area contributed by atoms with Crippen LogP contribution in [0.15, 0.2) is 58.3 Å². The van der Waals surface area contributed by atoms with Gasteiger partial charge >= 0.3 is 0 Å². The van der Waals surface area contributed by atoms with Crippen LogP contribution in [0.2, 0.25) is 36.3 Å². The van der Waals surface area contributed by atoms with Crippen LogP contribution >= 0.6 is 21.6 Å². The van der Waals surface area contributed by atoms with Gasteiger partial charge in [-0.3, -0.25) is 0 Å². The molecule has 2 heterocycles. The quantitative estimate of drug-likeness (QED) is 0.160. The summed E-state index contributed by atoms with van der Waals surface area (Å²) in [6, 6.07) is 17.8. The molecule has 4 aromatic rings. The van der Waals surface area contributed by atoms with Crippen LogP contribution in [-0.4, -0.2) is 25.8 Å². The van der Waals surface area contributed by atoms with Crippen molar-refractivity contribution in [2.24, 2.45) is 14.1 Å². The Hall–Kier alpha value is -1.75. The summed E-state index contributed by atoms with van der Waals surface area (Å²) in [5.41, 5.74) is 2.40. The van der Waals surface area contributed by atoms with E-state index in [4.69, 9.17) is 8.85 Å². The number of fused-ring (bicyclic) bond motifs is 2. The van der Waals surface area contributed by atoms with Crippen LogP contribution in [0.4, 0.5) is 0 Å². The summed E-state index contributed by atoms with van der Waals surface area (Å²) in [6.45, 7) is 22.9. The Morgan fingerprint density at radius 1 is 0.579 bits per heavy atom. The lowest BCUT2D eigenvalue weighted by Crippen LogP contribution is -2.44. The molecule has 0 saturated carbocycles. The summed E-state index contributed by atoms with van der Waals surface area (Å²) in [6.07, 6.45) is 0. The van der Waals surface area contributed by atoms with Crippen molar-refractivity contribution in [3.8, 4) is 11.8 Å². The molecule has 2 aromatic carbocycles. The highest BCUT2D eigenvalue weighted by atomic mass is 33.1. The molecule has 0 spiro atoms. The molecule has 0 amide bonds. The molecule has 4 rings (SSSR count). The summed E-state index contributed by atoms with van der Waals surface area (Å²) >= 11 is 0. The fraction of sp³-hybridized carbons (Fsp3) is 0.467. The molecule has 38 heavy (non-hydrogen) atoms. The first-order valence-electron chi connectivity index (χ1n) is 13.3. The standard InChI is InChI=1S/C30H44N2O2S2Si2/c1-29(2,3)37(9,10)33-27-19-21-17-23(13-15-25(21)31(27)7)35-36-24-14-16-26-22(18-24)20-28(32(26)8)34-38(11,12)30(4,5)6/h13-20H,1-12H3. The second kappa shape index (κ2) is 10.0. The first-order valence-corrected chi connectivity index (χ1v) is 21.3. The minimum absolute atomic E-state index is 0.165. The number of benzene rings is 2. The van der Waals surface area contributed by atoms with Crippen LogP contribution in [0, 0.1) is 0 Å². The Labute approximate surface area is 239 Å². The third-order valence-electron chi connectivity index (χ3n) is 8.51. The van der Waals surface area contributed by atoms with E-state index in [-0.39, 0.29) is 10.1 Å². The number of hydrogen-bond donors (Lipinski definition) is 0. The summed E-state index contributed by atoms with van der Waals surface area (Å²) in [4.78, 5) is 2.48. The van der Waals surface area contributed by atoms with E-state index in [0.29, 0.717) is 0 Å². The Kier molecular flexibility index (Phi) is 7.71. The fourth-order valence-electron chi connectivity index (χ4n) is 3.83. The van der Waals surface area contributed by atoms with E-state index in [1.165, 1.54) is 31.6 Å². The Bertz CT molecular complexity index is 1360. The molecular weight excluding hydrogens is 541 g/mol. The summed E-state index contributed by atoms with van der Waals surface area (Å²) in [7, 11) is 4.00. The number of hydrogen-bond acceptors (Lipinski definition) is 4. The predicted molar refractivity (Wildman–Crippen MR) is 173 cm³/mol. The topological polar surface area (TPSA) is 28.3 Å². The van der Waals surface area contributed by atoms with Gasteiger partial charge in [0.05, 0.1) is 11.0 Å². The molecule has 0 aliphatic carbocycles. The average Bonchev–Trinajstić information content (AvgIpc) is 3.25. The van der Waals surface area contributed by atoms with Gasteiger partial charge in [-0.2, -0.15) is 0 Å². The van der Waals surface area contributed by atoms with Crippen molar-refractivity contribution in [3.05, 3.63) is 48.5 Å². The predicted octanol–water partition coefficient (Wildman–Crippen LogP) is 10.2. The lowest BCUT2D eigenvalue weighted by Gasteiger charge is -2.36. The molecule has 0 atom stereocenters. The average molecular weight is 585 g/mol. The van der Waals surface area contributed by atoms with E-state index in [9.17, 15) is 0 Å². The van der Waals surface area contributed by atoms with Crippen molar-refractivity contribution in [3.63, 3.8) is 0 Å². The number of aromatic nitrogens is 2. The van der Waals surface area contributed by atoms with Gasteiger partial charge in [0.2, 0.25) is 0 Å². The lowest BCUT2D eigenvalue weighted by atomic mass is 10.2. The maximum atomic E-state index is 6.63. The lowest BCUT2D eigenvalue weighted by molar-refractivity contribution is 0.462. The highest BCUT2D eigenvalue weighted by molar-refractivity contribution is 8.76. The third-order valence-corrected chi connectivity index (χ3v) is 19.6. The Balaban J connectivity index is 1.52. The molecule has 0 radical (unpaired) electrons. The SMILES string of the molecule is Cn1c(O[Si](C)(C)C(C)(C)C)cc2cc(SSc3ccc4c(c3)cc(O[Si](C)(C)C(C)(C)C)n4C)ccc21. The molecule has 0 bridgehead atoms. The van der Waals surface area contributed by atoms with E-state index in [1.807, 2.05) is 0 Å². The molecule has 0 unspecified atom stereocenters. The van der Waals surface area contributed by atoms with Gasteiger partial charge in [0.25, 0.3) is 16.6 Å². The number of rotatable bonds is 7. The summed E-state index contributed by atoms with van der Waals surface area (Å²) < 4.78 is 17.6. The first kappa shape index (κ1) is 29.2. The van der Waals surface area contributed by atoms with Gasteiger partial charge in [0.1, 0.15) is 0 Å². The van der Waals surface area contributed by atoms with Crippen LogP contribution in [-0.2, 0) is 14.1 Å². The van der Waals surface area contributed by atoms with Crippen molar-refractivity contribution in [2.45, 2.75) is 87.6 Å². The smallest absolute Gasteiger partial charge is 0.252 e. The van der Waals surface area contributed by atoms with E-state index in [2.05, 4.69) is 139 Å². The zero-order valence-electron chi connectivity index (χ0n) is 25.1. The van der Waals surface area contributed by atoms with Gasteiger partial charge in [0, 0.05) is 46.8 Å². The van der Waals surface area contributed by atoms with Crippen molar-refractivity contribution < 1.29 is 8.85 Å². The van der Waals surface area contributed by atoms with E-state index < -0.39 is 16.6 Å². The molecule has 0 N–H and O–H groups in total. The van der Waals surface area contributed by atoms with E-state index >= 15 is 0 Å². The summed E-state index contributed by atoms with van der Waals surface area (Å²) in [5, 5.41) is 2.77. The van der Waals surface area contributed by atoms with Gasteiger partial charge in [-0.25, -0.2) is 0 Å². The van der Waals surface area contributed by atoms with Gasteiger partial charge in [0.15, 0.2) is 11.8 Å². The highest BCUT2D eigenvalue weighted by Crippen LogP contribution is 2.43. The molecule has 8 heteroatoms. The fourth-order valence-corrected chi connectivity index (χ4v) is 7.87. The normalized spacial score (nSPS) is 13.5. The second-order valence-corrected chi connectivity index (χ2v) is 25.1. The van der Waals surface area contributed by atoms with Crippen molar-refractivity contribution in [2.75, 3.05) is 0 Å². The summed E-state index contributed by atoms with van der Waals surface area (Å²) in [5.74, 6) is 1.93. The van der Waals surface area contributed by atoms with Crippen LogP contribution in [0.25, 0.3) is 21.8 Å². The maximum absolute atomic E-state index is 6.63.